The van der Waals surface area contributed by atoms with Crippen molar-refractivity contribution in [3.05, 3.63) is 100 Å². The molecule has 2 aromatic carbocycles. The van der Waals surface area contributed by atoms with Gasteiger partial charge in [-0.05, 0) is 125 Å². The molecule has 0 bridgehead atoms. The second-order valence-electron chi connectivity index (χ2n) is 11.5. The molecule has 1 aliphatic rings. The molecular formula is C35H43ClFN3. The Hall–Kier alpha value is -2.82. The summed E-state index contributed by atoms with van der Waals surface area (Å²) in [6, 6.07) is 17.7. The van der Waals surface area contributed by atoms with Crippen molar-refractivity contribution >= 4 is 28.6 Å². The van der Waals surface area contributed by atoms with Crippen LogP contribution in [-0.4, -0.2) is 23.3 Å². The van der Waals surface area contributed by atoms with Gasteiger partial charge in [-0.25, -0.2) is 4.39 Å². The van der Waals surface area contributed by atoms with Crippen LogP contribution in [0.3, 0.4) is 0 Å². The van der Waals surface area contributed by atoms with Crippen LogP contribution in [0, 0.1) is 18.7 Å². The quantitative estimate of drug-likeness (QED) is 0.200. The Morgan fingerprint density at radius 2 is 1.90 bits per heavy atom. The second-order valence-corrected chi connectivity index (χ2v) is 11.9. The number of benzene rings is 2. The first-order chi connectivity index (χ1) is 19.2. The Labute approximate surface area is 245 Å². The summed E-state index contributed by atoms with van der Waals surface area (Å²) in [5.41, 5.74) is 8.33. The molecule has 1 aromatic heterocycles. The summed E-state index contributed by atoms with van der Waals surface area (Å²) in [7, 11) is 0. The van der Waals surface area contributed by atoms with Crippen molar-refractivity contribution in [2.24, 2.45) is 10.9 Å². The lowest BCUT2D eigenvalue weighted by molar-refractivity contribution is 0.491. The molecule has 1 N–H and O–H groups in total. The van der Waals surface area contributed by atoms with Gasteiger partial charge in [-0.3, -0.25) is 9.98 Å². The predicted octanol–water partition coefficient (Wildman–Crippen LogP) is 9.44. The first-order valence-corrected chi connectivity index (χ1v) is 15.0. The van der Waals surface area contributed by atoms with Crippen LogP contribution in [0.5, 0.6) is 0 Å². The van der Waals surface area contributed by atoms with Gasteiger partial charge in [-0.2, -0.15) is 0 Å². The Bertz CT molecular complexity index is 1340. The van der Waals surface area contributed by atoms with Crippen LogP contribution < -0.4 is 5.32 Å². The number of pyridine rings is 1. The Morgan fingerprint density at radius 1 is 1.10 bits per heavy atom. The van der Waals surface area contributed by atoms with Crippen LogP contribution in [0.4, 0.5) is 10.1 Å². The monoisotopic (exact) mass is 559 g/mol. The molecule has 0 spiro atoms. The predicted molar refractivity (Wildman–Crippen MR) is 168 cm³/mol. The largest absolute Gasteiger partial charge is 0.309 e. The van der Waals surface area contributed by atoms with Gasteiger partial charge in [0.05, 0.1) is 5.69 Å². The summed E-state index contributed by atoms with van der Waals surface area (Å²) in [6.07, 6.45) is 7.50. The average molecular weight is 560 g/mol. The van der Waals surface area contributed by atoms with E-state index >= 15 is 0 Å². The molecule has 2 atom stereocenters. The van der Waals surface area contributed by atoms with Crippen molar-refractivity contribution in [3.8, 4) is 0 Å². The van der Waals surface area contributed by atoms with Crippen LogP contribution in [-0.2, 0) is 12.8 Å². The topological polar surface area (TPSA) is 37.3 Å². The molecule has 4 rings (SSSR count). The van der Waals surface area contributed by atoms with Gasteiger partial charge in [0.15, 0.2) is 0 Å². The van der Waals surface area contributed by atoms with E-state index in [-0.39, 0.29) is 11.9 Å². The molecule has 0 saturated heterocycles. The van der Waals surface area contributed by atoms with Gasteiger partial charge in [0.2, 0.25) is 0 Å². The molecule has 5 heteroatoms. The third-order valence-corrected chi connectivity index (χ3v) is 8.32. The number of halogens is 2. The zero-order valence-corrected chi connectivity index (χ0v) is 25.2. The lowest BCUT2D eigenvalue weighted by atomic mass is 9.93. The van der Waals surface area contributed by atoms with Gasteiger partial charge < -0.3 is 5.32 Å². The van der Waals surface area contributed by atoms with Gasteiger partial charge >= 0.3 is 0 Å². The van der Waals surface area contributed by atoms with Crippen LogP contribution in [0.25, 0.3) is 5.57 Å². The number of nitrogens with one attached hydrogen (secondary N) is 1. The molecule has 0 radical (unpaired) electrons. The summed E-state index contributed by atoms with van der Waals surface area (Å²) in [4.78, 5) is 9.97. The molecule has 3 nitrogen and oxygen atoms in total. The van der Waals surface area contributed by atoms with Crippen molar-refractivity contribution < 1.29 is 4.39 Å². The maximum absolute atomic E-state index is 14.3. The number of aromatic nitrogens is 1. The summed E-state index contributed by atoms with van der Waals surface area (Å²) in [6.45, 7) is 13.4. The summed E-state index contributed by atoms with van der Waals surface area (Å²) >= 11 is 5.91. The van der Waals surface area contributed by atoms with E-state index in [0.717, 1.165) is 64.8 Å². The standard InChI is InChI=1S/C35H43ClFN3/c1-23(2)30-15-18-34(24(3)21-30)39-26(5)25(4)38-20-19-29(12-11-27-9-10-27)35-8-6-7-32(40-35)17-14-28-13-16-31(36)22-33(28)37/h6-8,13,15-16,18,21-22,25,27,29,38H,1,9-12,14,17,19-20H2,2-5H3/b39-26+. The van der Waals surface area contributed by atoms with E-state index in [2.05, 4.69) is 69.1 Å². The maximum Gasteiger partial charge on any atom is 0.127 e. The Balaban J connectivity index is 1.36. The summed E-state index contributed by atoms with van der Waals surface area (Å²) in [5.74, 6) is 1.05. The van der Waals surface area contributed by atoms with E-state index in [9.17, 15) is 4.39 Å². The first-order valence-electron chi connectivity index (χ1n) is 14.6. The van der Waals surface area contributed by atoms with E-state index in [1.807, 2.05) is 6.92 Å². The number of aliphatic imine (C=N–C) groups is 1. The van der Waals surface area contributed by atoms with E-state index in [0.29, 0.717) is 29.3 Å². The van der Waals surface area contributed by atoms with Gasteiger partial charge in [-0.1, -0.05) is 54.8 Å². The smallest absolute Gasteiger partial charge is 0.127 e. The SMILES string of the molecule is C=C(C)c1ccc(/N=C(\C)C(C)NCCC(CCC2CC2)c2cccc(CCc3ccc(Cl)cc3F)n2)c(C)c1. The second kappa shape index (κ2) is 14.2. The molecule has 0 amide bonds. The van der Waals surface area contributed by atoms with E-state index in [1.54, 1.807) is 12.1 Å². The van der Waals surface area contributed by atoms with E-state index in [1.165, 1.54) is 25.3 Å². The number of rotatable bonds is 14. The third-order valence-electron chi connectivity index (χ3n) is 8.09. The first kappa shape index (κ1) is 30.1. The number of hydrogen-bond donors (Lipinski definition) is 1. The van der Waals surface area contributed by atoms with Crippen LogP contribution in [0.15, 0.2) is 66.2 Å². The van der Waals surface area contributed by atoms with Crippen molar-refractivity contribution in [1.29, 1.82) is 0 Å². The van der Waals surface area contributed by atoms with Crippen molar-refractivity contribution in [3.63, 3.8) is 0 Å². The Kier molecular flexibility index (Phi) is 10.7. The van der Waals surface area contributed by atoms with Crippen molar-refractivity contribution in [2.75, 3.05) is 6.54 Å². The normalized spacial score (nSPS) is 15.2. The fourth-order valence-corrected chi connectivity index (χ4v) is 5.25. The van der Waals surface area contributed by atoms with Gasteiger partial charge in [0, 0.05) is 34.1 Å². The molecule has 3 aromatic rings. The summed E-state index contributed by atoms with van der Waals surface area (Å²) in [5, 5.41) is 4.13. The lowest BCUT2D eigenvalue weighted by Crippen LogP contribution is -2.33. The summed E-state index contributed by atoms with van der Waals surface area (Å²) < 4.78 is 14.3. The third kappa shape index (κ3) is 8.84. The molecular weight excluding hydrogens is 517 g/mol. The molecule has 40 heavy (non-hydrogen) atoms. The minimum atomic E-state index is -0.246. The van der Waals surface area contributed by atoms with Gasteiger partial charge in [0.25, 0.3) is 0 Å². The molecule has 1 fully saturated rings. The minimum absolute atomic E-state index is 0.179. The van der Waals surface area contributed by atoms with E-state index in [4.69, 9.17) is 21.6 Å². The fourth-order valence-electron chi connectivity index (χ4n) is 5.09. The molecule has 1 heterocycles. The Morgan fingerprint density at radius 3 is 2.60 bits per heavy atom. The lowest BCUT2D eigenvalue weighted by Gasteiger charge is -2.20. The van der Waals surface area contributed by atoms with Crippen LogP contribution >= 0.6 is 11.6 Å². The van der Waals surface area contributed by atoms with Gasteiger partial charge in [-0.15, -0.1) is 0 Å². The van der Waals surface area contributed by atoms with Crippen LogP contribution in [0.1, 0.15) is 86.9 Å². The van der Waals surface area contributed by atoms with Gasteiger partial charge in [0.1, 0.15) is 5.82 Å². The van der Waals surface area contributed by atoms with Crippen LogP contribution in [0.2, 0.25) is 5.02 Å². The fraction of sp³-hybridized carbons (Fsp3) is 0.429. The highest BCUT2D eigenvalue weighted by molar-refractivity contribution is 6.30. The highest BCUT2D eigenvalue weighted by atomic mass is 35.5. The van der Waals surface area contributed by atoms with E-state index < -0.39 is 0 Å². The molecule has 1 saturated carbocycles. The van der Waals surface area contributed by atoms with Crippen molar-refractivity contribution in [1.82, 2.24) is 10.3 Å². The number of hydrogen-bond acceptors (Lipinski definition) is 3. The average Bonchev–Trinajstić information content (AvgIpc) is 3.75. The zero-order valence-electron chi connectivity index (χ0n) is 24.4. The number of aryl methyl sites for hydroxylation is 3. The highest BCUT2D eigenvalue weighted by Gasteiger charge is 2.24. The molecule has 2 unspecified atom stereocenters. The molecule has 1 aliphatic carbocycles. The number of allylic oxidation sites excluding steroid dienone is 1. The molecule has 0 aliphatic heterocycles. The highest BCUT2D eigenvalue weighted by Crippen LogP contribution is 2.37. The zero-order chi connectivity index (χ0) is 28.6. The van der Waals surface area contributed by atoms with Crippen molar-refractivity contribution in [2.45, 2.75) is 84.6 Å². The molecule has 212 valence electrons. The maximum atomic E-state index is 14.3. The number of nitrogens with zero attached hydrogens (tertiary/aromatic N) is 2. The minimum Gasteiger partial charge on any atom is -0.309 e.